The highest BCUT2D eigenvalue weighted by atomic mass is 16.5. The first kappa shape index (κ1) is 39.2. The average Bonchev–Trinajstić information content (AvgIpc) is 3.83. The summed E-state index contributed by atoms with van der Waals surface area (Å²) in [5.74, 6) is 1.92. The number of ether oxygens (including phenoxy) is 2. The predicted octanol–water partition coefficient (Wildman–Crippen LogP) is 6.77. The first-order valence-corrected chi connectivity index (χ1v) is 20.9. The number of benzene rings is 2. The third-order valence-electron chi connectivity index (χ3n) is 12.8. The summed E-state index contributed by atoms with van der Waals surface area (Å²) in [6.45, 7) is 7.67. The predicted molar refractivity (Wildman–Crippen MR) is 223 cm³/mol. The fourth-order valence-electron chi connectivity index (χ4n) is 9.34. The quantitative estimate of drug-likeness (QED) is 0.112. The van der Waals surface area contributed by atoms with E-state index in [1.807, 2.05) is 55.8 Å². The lowest BCUT2D eigenvalue weighted by Gasteiger charge is -2.31. The van der Waals surface area contributed by atoms with Crippen LogP contribution in [0.4, 0.5) is 9.59 Å². The molecule has 5 aromatic rings. The number of nitrogens with zero attached hydrogens (tertiary/aromatic N) is 5. The Bertz CT molecular complexity index is 2460. The molecule has 312 valence electrons. The lowest BCUT2D eigenvalue weighted by Crippen LogP contribution is -2.52. The minimum Gasteiger partial charge on any atom is -0.453 e. The van der Waals surface area contributed by atoms with Crippen LogP contribution in [0.3, 0.4) is 0 Å². The summed E-state index contributed by atoms with van der Waals surface area (Å²) in [5, 5.41) is 6.47. The summed E-state index contributed by atoms with van der Waals surface area (Å²) in [6.07, 6.45) is 5.97. The van der Waals surface area contributed by atoms with Crippen molar-refractivity contribution in [2.75, 3.05) is 14.2 Å². The van der Waals surface area contributed by atoms with Crippen LogP contribution in [0.25, 0.3) is 44.7 Å². The Labute approximate surface area is 348 Å². The van der Waals surface area contributed by atoms with Gasteiger partial charge in [-0.2, -0.15) is 0 Å². The molecule has 4 aliphatic rings. The molecule has 9 rings (SSSR count). The van der Waals surface area contributed by atoms with E-state index < -0.39 is 24.3 Å². The van der Waals surface area contributed by atoms with Crippen molar-refractivity contribution in [3.63, 3.8) is 0 Å². The van der Waals surface area contributed by atoms with Crippen LogP contribution in [0.2, 0.25) is 0 Å². The second kappa shape index (κ2) is 15.4. The molecule has 15 heteroatoms. The monoisotopic (exact) mass is 813 g/mol. The second-order valence-corrected chi connectivity index (χ2v) is 17.4. The Morgan fingerprint density at radius 3 is 1.68 bits per heavy atom. The molecular formula is C45H51N9O6. The van der Waals surface area contributed by atoms with Gasteiger partial charge in [-0.05, 0) is 84.2 Å². The van der Waals surface area contributed by atoms with Gasteiger partial charge in [-0.1, -0.05) is 64.1 Å². The van der Waals surface area contributed by atoms with Crippen LogP contribution in [0, 0.1) is 23.7 Å². The van der Waals surface area contributed by atoms with Crippen LogP contribution in [-0.4, -0.2) is 97.1 Å². The van der Waals surface area contributed by atoms with Gasteiger partial charge in [0.2, 0.25) is 11.8 Å². The molecule has 5 heterocycles. The number of aromatic amines is 2. The fourth-order valence-corrected chi connectivity index (χ4v) is 9.34. The smallest absolute Gasteiger partial charge is 0.407 e. The van der Waals surface area contributed by atoms with E-state index in [9.17, 15) is 19.2 Å². The van der Waals surface area contributed by atoms with E-state index >= 15 is 0 Å². The number of methoxy groups -OCH3 is 2. The van der Waals surface area contributed by atoms with Crippen LogP contribution in [0.15, 0.2) is 67.0 Å². The summed E-state index contributed by atoms with van der Waals surface area (Å²) >= 11 is 0. The molecule has 4 fully saturated rings. The van der Waals surface area contributed by atoms with Crippen molar-refractivity contribution in [2.24, 2.45) is 23.7 Å². The zero-order chi connectivity index (χ0) is 42.0. The number of nitrogens with one attached hydrogen (secondary N) is 4. The van der Waals surface area contributed by atoms with Gasteiger partial charge in [0.05, 0.1) is 61.3 Å². The molecule has 60 heavy (non-hydrogen) atoms. The standard InChI is InChI=1S/C45H51N9O6/c1-22(2)38(51-44(57)59-5)42(55)53-34-16-28(34)18-36(53)40-46-20-32(49-40)25-9-7-24(8-10-25)26-11-13-30-27(15-26)12-14-31(48-30)33-21-47-41(50-33)37-19-29-17-35(29)54(37)43(56)39(23(3)4)52-45(58)60-6/h7-15,20-23,28-29,34-39H,16-19H2,1-6H3,(H,46,49)(H,47,50)(H,51,57)(H,52,58)/t28-,29-,34-,35-,36+,37+,38+,39+/m1/s1. The summed E-state index contributed by atoms with van der Waals surface area (Å²) in [5.41, 5.74) is 6.34. The van der Waals surface area contributed by atoms with E-state index in [0.29, 0.717) is 11.8 Å². The number of H-pyrrole nitrogens is 2. The minimum absolute atomic E-state index is 0.100. The number of imidazole rings is 2. The van der Waals surface area contributed by atoms with Crippen LogP contribution in [-0.2, 0) is 19.1 Å². The number of fused-ring (bicyclic) bond motifs is 3. The molecule has 3 aromatic heterocycles. The minimum atomic E-state index is -0.690. The van der Waals surface area contributed by atoms with E-state index in [1.165, 1.54) is 14.2 Å². The number of piperidine rings is 2. The highest BCUT2D eigenvalue weighted by Gasteiger charge is 2.57. The molecule has 2 aliphatic heterocycles. The van der Waals surface area contributed by atoms with Gasteiger partial charge >= 0.3 is 12.2 Å². The number of carbonyl (C=O) groups excluding carboxylic acids is 4. The van der Waals surface area contributed by atoms with Crippen molar-refractivity contribution >= 4 is 34.9 Å². The maximum atomic E-state index is 13.8. The van der Waals surface area contributed by atoms with Gasteiger partial charge in [0, 0.05) is 17.5 Å². The van der Waals surface area contributed by atoms with Crippen molar-refractivity contribution in [1.82, 2.24) is 45.4 Å². The molecule has 8 atom stereocenters. The van der Waals surface area contributed by atoms with Gasteiger partial charge in [0.25, 0.3) is 0 Å². The largest absolute Gasteiger partial charge is 0.453 e. The summed E-state index contributed by atoms with van der Waals surface area (Å²) < 4.78 is 9.60. The number of carbonyl (C=O) groups is 4. The van der Waals surface area contributed by atoms with E-state index in [1.54, 1.807) is 6.20 Å². The van der Waals surface area contributed by atoms with Crippen molar-refractivity contribution in [2.45, 2.75) is 89.6 Å². The Morgan fingerprint density at radius 2 is 1.15 bits per heavy atom. The van der Waals surface area contributed by atoms with Crippen molar-refractivity contribution in [3.05, 3.63) is 78.6 Å². The van der Waals surface area contributed by atoms with Crippen LogP contribution >= 0.6 is 0 Å². The molecule has 0 unspecified atom stereocenters. The SMILES string of the molecule is COC(=O)N[C@H](C(=O)N1[C@@H]2C[C@@H]2C[C@H]1c1ncc(-c2ccc(-c3ccc4nc(-c5cnc([C@@H]6C[C@H]7C[C@H]7N6C(=O)[C@@H](NC(=O)OC)C(C)C)[nH]5)ccc4c3)cc2)[nH]1)C(C)C. The molecule has 0 spiro atoms. The van der Waals surface area contributed by atoms with Crippen LogP contribution in [0.1, 0.15) is 77.1 Å². The number of amides is 4. The Kier molecular flexibility index (Phi) is 10.1. The van der Waals surface area contributed by atoms with Crippen molar-refractivity contribution in [3.8, 4) is 33.8 Å². The molecule has 0 bridgehead atoms. The van der Waals surface area contributed by atoms with Gasteiger partial charge in [-0.25, -0.2) is 24.5 Å². The number of rotatable bonds is 11. The summed E-state index contributed by atoms with van der Waals surface area (Å²) in [7, 11) is 2.60. The maximum absolute atomic E-state index is 13.8. The molecule has 4 N–H and O–H groups in total. The third kappa shape index (κ3) is 7.23. The maximum Gasteiger partial charge on any atom is 0.407 e. The van der Waals surface area contributed by atoms with E-state index in [-0.39, 0.29) is 47.8 Å². The second-order valence-electron chi connectivity index (χ2n) is 17.4. The zero-order valence-electron chi connectivity index (χ0n) is 34.6. The average molecular weight is 814 g/mol. The number of aromatic nitrogens is 5. The number of alkyl carbamates (subject to hydrolysis) is 2. The van der Waals surface area contributed by atoms with Gasteiger partial charge < -0.3 is 39.9 Å². The first-order chi connectivity index (χ1) is 28.9. The summed E-state index contributed by atoms with van der Waals surface area (Å²) in [6, 6.07) is 17.1. The van der Waals surface area contributed by atoms with Gasteiger partial charge in [0.1, 0.15) is 23.7 Å². The molecule has 2 aromatic carbocycles. The molecule has 2 aliphatic carbocycles. The zero-order valence-corrected chi connectivity index (χ0v) is 34.6. The normalized spacial score (nSPS) is 23.6. The lowest BCUT2D eigenvalue weighted by atomic mass is 10.0. The van der Waals surface area contributed by atoms with Gasteiger partial charge in [0.15, 0.2) is 0 Å². The van der Waals surface area contributed by atoms with Crippen LogP contribution in [0.5, 0.6) is 0 Å². The highest BCUT2D eigenvalue weighted by Crippen LogP contribution is 2.54. The third-order valence-corrected chi connectivity index (χ3v) is 12.8. The molecule has 2 saturated heterocycles. The Hall–Kier alpha value is -6.25. The molecule has 0 radical (unpaired) electrons. The lowest BCUT2D eigenvalue weighted by molar-refractivity contribution is -0.137. The fraction of sp³-hybridized carbons (Fsp3) is 0.444. The molecule has 4 amide bonds. The highest BCUT2D eigenvalue weighted by molar-refractivity contribution is 5.89. The van der Waals surface area contributed by atoms with E-state index in [0.717, 1.165) is 82.0 Å². The van der Waals surface area contributed by atoms with E-state index in [4.69, 9.17) is 24.4 Å². The molecular weight excluding hydrogens is 763 g/mol. The molecule has 15 nitrogen and oxygen atoms in total. The van der Waals surface area contributed by atoms with Crippen LogP contribution < -0.4 is 10.6 Å². The number of pyridine rings is 1. The molecule has 2 saturated carbocycles. The van der Waals surface area contributed by atoms with Gasteiger partial charge in [-0.15, -0.1) is 0 Å². The topological polar surface area (TPSA) is 188 Å². The number of hydrogen-bond donors (Lipinski definition) is 4. The van der Waals surface area contributed by atoms with Gasteiger partial charge in [-0.3, -0.25) is 9.59 Å². The van der Waals surface area contributed by atoms with Crippen molar-refractivity contribution in [1.29, 1.82) is 0 Å². The Morgan fingerprint density at radius 1 is 0.650 bits per heavy atom. The summed E-state index contributed by atoms with van der Waals surface area (Å²) in [4.78, 5) is 77.0. The Balaban J connectivity index is 0.880. The number of likely N-dealkylation sites (tertiary alicyclic amines) is 2. The number of hydrogen-bond acceptors (Lipinski definition) is 9. The first-order valence-electron chi connectivity index (χ1n) is 20.9. The van der Waals surface area contributed by atoms with E-state index in [2.05, 4.69) is 63.1 Å². The van der Waals surface area contributed by atoms with Crippen molar-refractivity contribution < 1.29 is 28.7 Å².